The van der Waals surface area contributed by atoms with Crippen LogP contribution in [0.4, 0.5) is 0 Å². The lowest BCUT2D eigenvalue weighted by atomic mass is 10.0. The van der Waals surface area contributed by atoms with E-state index in [1.807, 2.05) is 0 Å². The van der Waals surface area contributed by atoms with Gasteiger partial charge in [0, 0.05) is 5.54 Å². The van der Waals surface area contributed by atoms with Gasteiger partial charge in [0.2, 0.25) is 0 Å². The highest BCUT2D eigenvalue weighted by Gasteiger charge is 2.40. The van der Waals surface area contributed by atoms with Crippen LogP contribution in [0.25, 0.3) is 0 Å². The number of ether oxygens (including phenoxy) is 1. The molecule has 0 aromatic heterocycles. The third-order valence-electron chi connectivity index (χ3n) is 3.62. The first-order chi connectivity index (χ1) is 8.28. The molecule has 0 unspecified atom stereocenters. The Hall–Kier alpha value is -1.02. The molecule has 1 N–H and O–H groups in total. The lowest BCUT2D eigenvalue weighted by molar-refractivity contribution is 0.309. The Kier molecular flexibility index (Phi) is 4.06. The standard InChI is InChI=1S/C15H23NO/c1-3-4-11-17-14-7-5-13(6-8-14)12-15(16-2)9-10-15/h5-8,16H,3-4,9-12H2,1-2H3. The molecule has 1 saturated carbocycles. The van der Waals surface area contributed by atoms with Gasteiger partial charge in [0.1, 0.15) is 5.75 Å². The zero-order chi connectivity index (χ0) is 12.1. The van der Waals surface area contributed by atoms with Gasteiger partial charge in [-0.15, -0.1) is 0 Å². The van der Waals surface area contributed by atoms with Gasteiger partial charge in [-0.3, -0.25) is 0 Å². The van der Waals surface area contributed by atoms with Gasteiger partial charge in [-0.2, -0.15) is 0 Å². The van der Waals surface area contributed by atoms with Crippen LogP contribution >= 0.6 is 0 Å². The van der Waals surface area contributed by atoms with Gasteiger partial charge in [0.05, 0.1) is 6.61 Å². The van der Waals surface area contributed by atoms with E-state index < -0.39 is 0 Å². The molecule has 2 nitrogen and oxygen atoms in total. The normalized spacial score (nSPS) is 16.8. The molecule has 1 aliphatic rings. The summed E-state index contributed by atoms with van der Waals surface area (Å²) in [5.74, 6) is 0.997. The van der Waals surface area contributed by atoms with Crippen LogP contribution < -0.4 is 10.1 Å². The third-order valence-corrected chi connectivity index (χ3v) is 3.62. The van der Waals surface area contributed by atoms with Gasteiger partial charge in [-0.05, 0) is 50.4 Å². The van der Waals surface area contributed by atoms with Gasteiger partial charge < -0.3 is 10.1 Å². The quantitative estimate of drug-likeness (QED) is 0.730. The second-order valence-corrected chi connectivity index (χ2v) is 5.05. The van der Waals surface area contributed by atoms with Crippen LogP contribution in [0.2, 0.25) is 0 Å². The zero-order valence-corrected chi connectivity index (χ0v) is 11.0. The molecule has 0 bridgehead atoms. The van der Waals surface area contributed by atoms with E-state index in [1.165, 1.54) is 24.8 Å². The van der Waals surface area contributed by atoms with Gasteiger partial charge >= 0.3 is 0 Å². The van der Waals surface area contributed by atoms with E-state index in [9.17, 15) is 0 Å². The van der Waals surface area contributed by atoms with Crippen molar-refractivity contribution in [2.24, 2.45) is 0 Å². The third kappa shape index (κ3) is 3.47. The number of nitrogens with one attached hydrogen (secondary N) is 1. The second-order valence-electron chi connectivity index (χ2n) is 5.05. The van der Waals surface area contributed by atoms with E-state index in [0.29, 0.717) is 5.54 Å². The first-order valence-corrected chi connectivity index (χ1v) is 6.69. The van der Waals surface area contributed by atoms with Crippen molar-refractivity contribution < 1.29 is 4.74 Å². The van der Waals surface area contributed by atoms with Crippen molar-refractivity contribution in [2.75, 3.05) is 13.7 Å². The number of hydrogen-bond donors (Lipinski definition) is 1. The maximum absolute atomic E-state index is 5.66. The van der Waals surface area contributed by atoms with E-state index in [2.05, 4.69) is 43.6 Å². The van der Waals surface area contributed by atoms with Crippen LogP contribution in [0.1, 0.15) is 38.2 Å². The summed E-state index contributed by atoms with van der Waals surface area (Å²) in [6.45, 7) is 3.01. The highest BCUT2D eigenvalue weighted by molar-refractivity contribution is 5.29. The van der Waals surface area contributed by atoms with Crippen LogP contribution in [0, 0.1) is 0 Å². The molecule has 0 spiro atoms. The number of likely N-dealkylation sites (N-methyl/N-ethyl adjacent to an activating group) is 1. The summed E-state index contributed by atoms with van der Waals surface area (Å²) in [5.41, 5.74) is 1.80. The lowest BCUT2D eigenvalue weighted by Gasteiger charge is -2.14. The van der Waals surface area contributed by atoms with Crippen molar-refractivity contribution in [3.05, 3.63) is 29.8 Å². The minimum Gasteiger partial charge on any atom is -0.494 e. The molecule has 1 aromatic rings. The smallest absolute Gasteiger partial charge is 0.119 e. The van der Waals surface area contributed by atoms with Crippen LogP contribution in [0.5, 0.6) is 5.75 Å². The van der Waals surface area contributed by atoms with Gasteiger partial charge in [-0.25, -0.2) is 0 Å². The van der Waals surface area contributed by atoms with Crippen LogP contribution in [0.3, 0.4) is 0 Å². The fraction of sp³-hybridized carbons (Fsp3) is 0.600. The molecule has 0 aliphatic heterocycles. The predicted octanol–water partition coefficient (Wildman–Crippen LogP) is 3.16. The van der Waals surface area contributed by atoms with Crippen molar-refractivity contribution in [3.8, 4) is 5.75 Å². The largest absolute Gasteiger partial charge is 0.494 e. The first kappa shape index (κ1) is 12.4. The Labute approximate surface area is 104 Å². The number of benzene rings is 1. The Balaban J connectivity index is 1.85. The average molecular weight is 233 g/mol. The predicted molar refractivity (Wildman–Crippen MR) is 71.6 cm³/mol. The highest BCUT2D eigenvalue weighted by Crippen LogP contribution is 2.38. The number of rotatable bonds is 7. The summed E-state index contributed by atoms with van der Waals surface area (Å²) in [4.78, 5) is 0. The molecule has 1 aliphatic carbocycles. The summed E-state index contributed by atoms with van der Waals surface area (Å²) in [5, 5.41) is 3.43. The summed E-state index contributed by atoms with van der Waals surface area (Å²) in [6.07, 6.45) is 6.06. The van der Waals surface area contributed by atoms with E-state index in [0.717, 1.165) is 25.2 Å². The summed E-state index contributed by atoms with van der Waals surface area (Å²) >= 11 is 0. The van der Waals surface area contributed by atoms with Crippen LogP contribution in [0.15, 0.2) is 24.3 Å². The van der Waals surface area contributed by atoms with E-state index in [1.54, 1.807) is 0 Å². The molecular weight excluding hydrogens is 210 g/mol. The van der Waals surface area contributed by atoms with Crippen LogP contribution in [-0.4, -0.2) is 19.2 Å². The summed E-state index contributed by atoms with van der Waals surface area (Å²) < 4.78 is 5.66. The fourth-order valence-corrected chi connectivity index (χ4v) is 2.09. The molecule has 0 saturated heterocycles. The molecule has 2 heteroatoms. The molecular formula is C15H23NO. The number of unbranched alkanes of at least 4 members (excludes halogenated alkanes) is 1. The Morgan fingerprint density at radius 3 is 2.47 bits per heavy atom. The van der Waals surface area contributed by atoms with Crippen molar-refractivity contribution >= 4 is 0 Å². The summed E-state index contributed by atoms with van der Waals surface area (Å²) in [6, 6.07) is 8.57. The first-order valence-electron chi connectivity index (χ1n) is 6.69. The molecule has 0 radical (unpaired) electrons. The molecule has 94 valence electrons. The Morgan fingerprint density at radius 2 is 1.94 bits per heavy atom. The van der Waals surface area contributed by atoms with Crippen molar-refractivity contribution in [3.63, 3.8) is 0 Å². The SMILES string of the molecule is CCCCOc1ccc(CC2(NC)CC2)cc1. The van der Waals surface area contributed by atoms with Crippen molar-refractivity contribution in [1.29, 1.82) is 0 Å². The number of hydrogen-bond acceptors (Lipinski definition) is 2. The van der Waals surface area contributed by atoms with Gasteiger partial charge in [0.25, 0.3) is 0 Å². The highest BCUT2D eigenvalue weighted by atomic mass is 16.5. The van der Waals surface area contributed by atoms with Crippen LogP contribution in [-0.2, 0) is 6.42 Å². The lowest BCUT2D eigenvalue weighted by Crippen LogP contribution is -2.29. The minimum atomic E-state index is 0.393. The topological polar surface area (TPSA) is 21.3 Å². The molecule has 1 fully saturated rings. The monoisotopic (exact) mass is 233 g/mol. The molecule has 0 amide bonds. The van der Waals surface area contributed by atoms with Crippen molar-refractivity contribution in [2.45, 2.75) is 44.6 Å². The van der Waals surface area contributed by atoms with Gasteiger partial charge in [-0.1, -0.05) is 25.5 Å². The molecule has 0 heterocycles. The average Bonchev–Trinajstić information content (AvgIpc) is 3.12. The van der Waals surface area contributed by atoms with Crippen molar-refractivity contribution in [1.82, 2.24) is 5.32 Å². The second kappa shape index (κ2) is 5.54. The molecule has 17 heavy (non-hydrogen) atoms. The van der Waals surface area contributed by atoms with E-state index in [4.69, 9.17) is 4.74 Å². The minimum absolute atomic E-state index is 0.393. The molecule has 2 rings (SSSR count). The summed E-state index contributed by atoms with van der Waals surface area (Å²) in [7, 11) is 2.06. The zero-order valence-electron chi connectivity index (χ0n) is 11.0. The van der Waals surface area contributed by atoms with Gasteiger partial charge in [0.15, 0.2) is 0 Å². The fourth-order valence-electron chi connectivity index (χ4n) is 2.09. The maximum atomic E-state index is 5.66. The molecule has 0 atom stereocenters. The molecule has 1 aromatic carbocycles. The van der Waals surface area contributed by atoms with E-state index >= 15 is 0 Å². The van der Waals surface area contributed by atoms with E-state index in [-0.39, 0.29) is 0 Å². The Morgan fingerprint density at radius 1 is 1.24 bits per heavy atom. The maximum Gasteiger partial charge on any atom is 0.119 e. The Bertz CT molecular complexity index is 340.